The Hall–Kier alpha value is -1.55. The van der Waals surface area contributed by atoms with E-state index in [1.54, 1.807) is 12.1 Å². The third-order valence-electron chi connectivity index (χ3n) is 3.05. The van der Waals surface area contributed by atoms with Gasteiger partial charge in [-0.05, 0) is 59.1 Å². The molecule has 0 aromatic heterocycles. The number of hydrogen-bond acceptors (Lipinski definition) is 1. The Balaban J connectivity index is 2.50. The fourth-order valence-electron chi connectivity index (χ4n) is 1.74. The lowest BCUT2D eigenvalue weighted by Gasteiger charge is -2.07. The molecule has 0 unspecified atom stereocenters. The molecule has 1 nitrogen and oxygen atoms in total. The number of rotatable bonds is 2. The molecule has 0 fully saturated rings. The highest BCUT2D eigenvalue weighted by Crippen LogP contribution is 2.25. The van der Waals surface area contributed by atoms with Gasteiger partial charge in [0.15, 0.2) is 17.4 Å². The Kier molecular flexibility index (Phi) is 3.80. The molecule has 0 bridgehead atoms. The van der Waals surface area contributed by atoms with Gasteiger partial charge in [-0.15, -0.1) is 0 Å². The molecule has 0 radical (unpaired) electrons. The molecular formula is C15H11BrF2O. The van der Waals surface area contributed by atoms with E-state index in [9.17, 15) is 13.6 Å². The second kappa shape index (κ2) is 5.21. The summed E-state index contributed by atoms with van der Waals surface area (Å²) < 4.78 is 26.3. The van der Waals surface area contributed by atoms with Crippen molar-refractivity contribution in [2.45, 2.75) is 13.8 Å². The van der Waals surface area contributed by atoms with Gasteiger partial charge >= 0.3 is 0 Å². The van der Waals surface area contributed by atoms with Crippen LogP contribution in [0.15, 0.2) is 34.8 Å². The van der Waals surface area contributed by atoms with Crippen molar-refractivity contribution in [3.8, 4) is 0 Å². The molecule has 0 aliphatic heterocycles. The highest BCUT2D eigenvalue weighted by Gasteiger charge is 2.18. The summed E-state index contributed by atoms with van der Waals surface area (Å²) in [6.07, 6.45) is 0. The summed E-state index contributed by atoms with van der Waals surface area (Å²) in [7, 11) is 0. The number of aryl methyl sites for hydroxylation is 2. The van der Waals surface area contributed by atoms with E-state index in [0.717, 1.165) is 17.2 Å². The highest BCUT2D eigenvalue weighted by atomic mass is 79.9. The van der Waals surface area contributed by atoms with Crippen molar-refractivity contribution in [3.05, 3.63) is 68.7 Å². The minimum absolute atomic E-state index is 0.113. The molecule has 0 N–H and O–H groups in total. The molecular weight excluding hydrogens is 314 g/mol. The van der Waals surface area contributed by atoms with E-state index in [2.05, 4.69) is 15.9 Å². The zero-order chi connectivity index (χ0) is 14.2. The molecule has 0 atom stereocenters. The number of ketones is 1. The first-order valence-corrected chi connectivity index (χ1v) is 6.46. The molecule has 0 saturated carbocycles. The number of halogens is 3. The molecule has 4 heteroatoms. The van der Waals surface area contributed by atoms with E-state index in [1.807, 2.05) is 19.9 Å². The molecule has 0 spiro atoms. The zero-order valence-electron chi connectivity index (χ0n) is 10.4. The first kappa shape index (κ1) is 13.9. The van der Waals surface area contributed by atoms with Crippen molar-refractivity contribution >= 4 is 21.7 Å². The van der Waals surface area contributed by atoms with E-state index in [-0.39, 0.29) is 15.8 Å². The Morgan fingerprint density at radius 1 is 1.05 bits per heavy atom. The molecule has 0 amide bonds. The quantitative estimate of drug-likeness (QED) is 0.584. The van der Waals surface area contributed by atoms with Gasteiger partial charge in [-0.2, -0.15) is 0 Å². The topological polar surface area (TPSA) is 17.1 Å². The van der Waals surface area contributed by atoms with Gasteiger partial charge in [-0.25, -0.2) is 8.78 Å². The van der Waals surface area contributed by atoms with Crippen molar-refractivity contribution in [2.24, 2.45) is 0 Å². The van der Waals surface area contributed by atoms with Gasteiger partial charge in [0.05, 0.1) is 4.47 Å². The van der Waals surface area contributed by atoms with Gasteiger partial charge < -0.3 is 0 Å². The molecule has 0 heterocycles. The van der Waals surface area contributed by atoms with E-state index in [0.29, 0.717) is 5.56 Å². The molecule has 2 rings (SSSR count). The van der Waals surface area contributed by atoms with E-state index in [1.165, 1.54) is 6.07 Å². The van der Waals surface area contributed by atoms with Crippen LogP contribution in [-0.2, 0) is 0 Å². The fraction of sp³-hybridized carbons (Fsp3) is 0.133. The second-order valence-electron chi connectivity index (χ2n) is 4.35. The first-order valence-electron chi connectivity index (χ1n) is 5.67. The van der Waals surface area contributed by atoms with Crippen LogP contribution in [0.5, 0.6) is 0 Å². The van der Waals surface area contributed by atoms with Crippen LogP contribution in [0.3, 0.4) is 0 Å². The molecule has 19 heavy (non-hydrogen) atoms. The smallest absolute Gasteiger partial charge is 0.194 e. The van der Waals surface area contributed by atoms with E-state index in [4.69, 9.17) is 0 Å². The molecule has 98 valence electrons. The van der Waals surface area contributed by atoms with Crippen molar-refractivity contribution < 1.29 is 13.6 Å². The van der Waals surface area contributed by atoms with Crippen molar-refractivity contribution in [2.75, 3.05) is 0 Å². The predicted octanol–water partition coefficient (Wildman–Crippen LogP) is 4.58. The average Bonchev–Trinajstić information content (AvgIpc) is 2.39. The Bertz CT molecular complexity index is 665. The molecule has 0 aliphatic carbocycles. The maximum atomic E-state index is 13.4. The normalized spacial score (nSPS) is 10.6. The van der Waals surface area contributed by atoms with E-state index >= 15 is 0 Å². The molecule has 2 aromatic carbocycles. The predicted molar refractivity (Wildman–Crippen MR) is 73.4 cm³/mol. The van der Waals surface area contributed by atoms with Crippen LogP contribution in [0.4, 0.5) is 8.78 Å². The lowest BCUT2D eigenvalue weighted by atomic mass is 9.99. The van der Waals surface area contributed by atoms with Crippen LogP contribution < -0.4 is 0 Å². The Labute approximate surface area is 118 Å². The van der Waals surface area contributed by atoms with Gasteiger partial charge in [-0.1, -0.05) is 12.1 Å². The molecule has 2 aromatic rings. The second-order valence-corrected chi connectivity index (χ2v) is 5.14. The minimum Gasteiger partial charge on any atom is -0.289 e. The standard InChI is InChI=1S/C15H11BrF2O/c1-8-3-4-10(7-9(8)2)15(19)11-5-6-12(17)14(18)13(11)16/h3-7H,1-2H3. The van der Waals surface area contributed by atoms with Gasteiger partial charge in [0.2, 0.25) is 0 Å². The highest BCUT2D eigenvalue weighted by molar-refractivity contribution is 9.10. The SMILES string of the molecule is Cc1ccc(C(=O)c2ccc(F)c(F)c2Br)cc1C. The summed E-state index contributed by atoms with van der Waals surface area (Å²) in [5.74, 6) is -2.37. The summed E-state index contributed by atoms with van der Waals surface area (Å²) in [5, 5.41) is 0. The van der Waals surface area contributed by atoms with E-state index < -0.39 is 11.6 Å². The molecule has 0 saturated heterocycles. The van der Waals surface area contributed by atoms with Crippen LogP contribution >= 0.6 is 15.9 Å². The van der Waals surface area contributed by atoms with Crippen molar-refractivity contribution in [1.29, 1.82) is 0 Å². The van der Waals surface area contributed by atoms with Gasteiger partial charge in [0.25, 0.3) is 0 Å². The fourth-order valence-corrected chi connectivity index (χ4v) is 2.24. The van der Waals surface area contributed by atoms with Crippen molar-refractivity contribution in [3.63, 3.8) is 0 Å². The number of benzene rings is 2. The summed E-state index contributed by atoms with van der Waals surface area (Å²) in [4.78, 5) is 12.3. The lowest BCUT2D eigenvalue weighted by molar-refractivity contribution is 0.103. The third kappa shape index (κ3) is 2.59. The first-order chi connectivity index (χ1) is 8.91. The zero-order valence-corrected chi connectivity index (χ0v) is 12.0. The maximum absolute atomic E-state index is 13.4. The number of carbonyl (C=O) groups is 1. The Morgan fingerprint density at radius 2 is 1.74 bits per heavy atom. The largest absolute Gasteiger partial charge is 0.289 e. The monoisotopic (exact) mass is 324 g/mol. The summed E-state index contributed by atoms with van der Waals surface area (Å²) in [5.41, 5.74) is 2.61. The minimum atomic E-state index is -1.05. The molecule has 0 aliphatic rings. The van der Waals surface area contributed by atoms with Crippen LogP contribution in [-0.4, -0.2) is 5.78 Å². The number of hydrogen-bond donors (Lipinski definition) is 0. The summed E-state index contributed by atoms with van der Waals surface area (Å²) >= 11 is 2.93. The maximum Gasteiger partial charge on any atom is 0.194 e. The summed E-state index contributed by atoms with van der Waals surface area (Å²) in [6, 6.07) is 7.48. The van der Waals surface area contributed by atoms with Crippen molar-refractivity contribution in [1.82, 2.24) is 0 Å². The van der Waals surface area contributed by atoms with Gasteiger partial charge in [-0.3, -0.25) is 4.79 Å². The number of carbonyl (C=O) groups excluding carboxylic acids is 1. The third-order valence-corrected chi connectivity index (χ3v) is 3.82. The summed E-state index contributed by atoms with van der Waals surface area (Å²) in [6.45, 7) is 3.84. The van der Waals surface area contributed by atoms with Crippen LogP contribution in [0.1, 0.15) is 27.0 Å². The Morgan fingerprint density at radius 3 is 2.37 bits per heavy atom. The average molecular weight is 325 g/mol. The lowest BCUT2D eigenvalue weighted by Crippen LogP contribution is -2.05. The van der Waals surface area contributed by atoms with Gasteiger partial charge in [0, 0.05) is 11.1 Å². The van der Waals surface area contributed by atoms with Crippen LogP contribution in [0, 0.1) is 25.5 Å². The van der Waals surface area contributed by atoms with Gasteiger partial charge in [0.1, 0.15) is 0 Å². The van der Waals surface area contributed by atoms with Crippen LogP contribution in [0.2, 0.25) is 0 Å². The van der Waals surface area contributed by atoms with Crippen LogP contribution in [0.25, 0.3) is 0 Å².